The maximum atomic E-state index is 12.0. The molecule has 0 aliphatic heterocycles. The highest BCUT2D eigenvalue weighted by Crippen LogP contribution is 2.35. The molecule has 7 heteroatoms. The number of nitrogen functional groups attached to an aromatic ring is 1. The van der Waals surface area contributed by atoms with Crippen LogP contribution in [0.1, 0.15) is 22.5 Å². The predicted octanol–water partition coefficient (Wildman–Crippen LogP) is 3.99. The van der Waals surface area contributed by atoms with Gasteiger partial charge in [-0.2, -0.15) is 0 Å². The van der Waals surface area contributed by atoms with E-state index in [9.17, 15) is 4.79 Å². The summed E-state index contributed by atoms with van der Waals surface area (Å²) in [7, 11) is 4.77. The Balaban J connectivity index is 0.00000280. The SMILES string of the molecule is COC(=O)c1cc2c(OCCCc3ccccc3N)ccc(OC)c2n1C.Cl. The Morgan fingerprint density at radius 1 is 1.11 bits per heavy atom. The number of aryl methyl sites for hydroxylation is 2. The minimum atomic E-state index is -0.402. The Hall–Kier alpha value is -2.86. The van der Waals surface area contributed by atoms with Crippen molar-refractivity contribution < 1.29 is 19.0 Å². The summed E-state index contributed by atoms with van der Waals surface area (Å²) in [5, 5.41) is 0.816. The second kappa shape index (κ2) is 9.37. The van der Waals surface area contributed by atoms with E-state index in [1.54, 1.807) is 24.8 Å². The Kier molecular flexibility index (Phi) is 7.18. The molecule has 28 heavy (non-hydrogen) atoms. The molecule has 0 spiro atoms. The fraction of sp³-hybridized carbons (Fsp3) is 0.286. The highest BCUT2D eigenvalue weighted by atomic mass is 35.5. The number of esters is 1. The van der Waals surface area contributed by atoms with Crippen molar-refractivity contribution >= 4 is 35.0 Å². The Labute approximate surface area is 170 Å². The van der Waals surface area contributed by atoms with Crippen LogP contribution in [0.25, 0.3) is 10.9 Å². The van der Waals surface area contributed by atoms with Gasteiger partial charge in [0.2, 0.25) is 0 Å². The lowest BCUT2D eigenvalue weighted by Gasteiger charge is -2.11. The van der Waals surface area contributed by atoms with Gasteiger partial charge in [-0.15, -0.1) is 12.4 Å². The first-order valence-corrected chi connectivity index (χ1v) is 8.77. The van der Waals surface area contributed by atoms with E-state index >= 15 is 0 Å². The fourth-order valence-electron chi connectivity index (χ4n) is 3.21. The summed E-state index contributed by atoms with van der Waals surface area (Å²) in [4.78, 5) is 12.0. The molecule has 0 aliphatic rings. The number of nitrogens with two attached hydrogens (primary N) is 1. The zero-order valence-corrected chi connectivity index (χ0v) is 17.0. The summed E-state index contributed by atoms with van der Waals surface area (Å²) in [6.45, 7) is 0.540. The van der Waals surface area contributed by atoms with E-state index in [1.807, 2.05) is 36.4 Å². The lowest BCUT2D eigenvalue weighted by Crippen LogP contribution is -2.07. The van der Waals surface area contributed by atoms with Gasteiger partial charge in [-0.25, -0.2) is 4.79 Å². The van der Waals surface area contributed by atoms with Crippen LogP contribution in [0.4, 0.5) is 5.69 Å². The molecule has 0 fully saturated rings. The van der Waals surface area contributed by atoms with Crippen LogP contribution in [-0.2, 0) is 18.2 Å². The number of rotatable bonds is 7. The summed E-state index contributed by atoms with van der Waals surface area (Å²) >= 11 is 0. The molecule has 1 aromatic heterocycles. The Morgan fingerprint density at radius 2 is 1.82 bits per heavy atom. The number of hydrogen-bond acceptors (Lipinski definition) is 5. The summed E-state index contributed by atoms with van der Waals surface area (Å²) in [6.07, 6.45) is 1.67. The minimum absolute atomic E-state index is 0. The highest BCUT2D eigenvalue weighted by molar-refractivity contribution is 6.00. The highest BCUT2D eigenvalue weighted by Gasteiger charge is 2.19. The van der Waals surface area contributed by atoms with E-state index in [0.29, 0.717) is 23.8 Å². The first kappa shape index (κ1) is 21.4. The van der Waals surface area contributed by atoms with E-state index in [1.165, 1.54) is 7.11 Å². The second-order valence-corrected chi connectivity index (χ2v) is 6.26. The van der Waals surface area contributed by atoms with E-state index in [0.717, 1.165) is 35.0 Å². The molecule has 0 unspecified atom stereocenters. The standard InChI is InChI=1S/C21H24N2O4.ClH/c1-23-17(21(24)26-3)13-15-18(10-11-19(25-2)20(15)23)27-12-6-8-14-7-4-5-9-16(14)22;/h4-5,7,9-11,13H,6,8,12,22H2,1-3H3;1H. The van der Waals surface area contributed by atoms with Crippen LogP contribution in [0.2, 0.25) is 0 Å². The van der Waals surface area contributed by atoms with Gasteiger partial charge in [0, 0.05) is 18.1 Å². The summed E-state index contributed by atoms with van der Waals surface area (Å²) < 4.78 is 18.1. The molecule has 0 bridgehead atoms. The quantitative estimate of drug-likeness (QED) is 0.366. The number of fused-ring (bicyclic) bond motifs is 1. The molecule has 3 aromatic rings. The molecule has 2 aromatic carbocycles. The maximum absolute atomic E-state index is 12.0. The zero-order chi connectivity index (χ0) is 19.4. The number of para-hydroxylation sites is 1. The number of ether oxygens (including phenoxy) is 3. The van der Waals surface area contributed by atoms with E-state index in [-0.39, 0.29) is 12.4 Å². The number of carbonyl (C=O) groups excluding carboxylic acids is 1. The topological polar surface area (TPSA) is 75.7 Å². The molecular formula is C21H25ClN2O4. The van der Waals surface area contributed by atoms with E-state index in [2.05, 4.69) is 0 Å². The van der Waals surface area contributed by atoms with Crippen molar-refractivity contribution in [2.75, 3.05) is 26.6 Å². The van der Waals surface area contributed by atoms with Crippen molar-refractivity contribution in [3.63, 3.8) is 0 Å². The van der Waals surface area contributed by atoms with E-state index in [4.69, 9.17) is 19.9 Å². The molecule has 0 atom stereocenters. The summed E-state index contributed by atoms with van der Waals surface area (Å²) in [6, 6.07) is 13.3. The molecule has 0 radical (unpaired) electrons. The smallest absolute Gasteiger partial charge is 0.354 e. The van der Waals surface area contributed by atoms with Crippen LogP contribution in [0.15, 0.2) is 42.5 Å². The van der Waals surface area contributed by atoms with Crippen molar-refractivity contribution in [1.29, 1.82) is 0 Å². The average molecular weight is 405 g/mol. The molecule has 0 saturated carbocycles. The summed E-state index contributed by atoms with van der Waals surface area (Å²) in [5.74, 6) is 0.978. The van der Waals surface area contributed by atoms with Crippen LogP contribution in [0, 0.1) is 0 Å². The first-order chi connectivity index (χ1) is 13.1. The number of nitrogens with zero attached hydrogens (tertiary/aromatic N) is 1. The third-order valence-corrected chi connectivity index (χ3v) is 4.64. The predicted molar refractivity (Wildman–Crippen MR) is 113 cm³/mol. The monoisotopic (exact) mass is 404 g/mol. The first-order valence-electron chi connectivity index (χ1n) is 8.77. The number of aromatic nitrogens is 1. The van der Waals surface area contributed by atoms with Crippen LogP contribution >= 0.6 is 12.4 Å². The maximum Gasteiger partial charge on any atom is 0.354 e. The third-order valence-electron chi connectivity index (χ3n) is 4.64. The molecule has 3 rings (SSSR count). The lowest BCUT2D eigenvalue weighted by molar-refractivity contribution is 0.0590. The Bertz CT molecular complexity index is 968. The number of carbonyl (C=O) groups is 1. The number of halogens is 1. The van der Waals surface area contributed by atoms with Crippen molar-refractivity contribution in [1.82, 2.24) is 4.57 Å². The van der Waals surface area contributed by atoms with Gasteiger partial charge >= 0.3 is 5.97 Å². The molecule has 0 saturated heterocycles. The van der Waals surface area contributed by atoms with Gasteiger partial charge in [0.05, 0.1) is 26.3 Å². The van der Waals surface area contributed by atoms with Gasteiger partial charge in [-0.3, -0.25) is 0 Å². The number of anilines is 1. The number of benzene rings is 2. The minimum Gasteiger partial charge on any atom is -0.495 e. The molecular weight excluding hydrogens is 380 g/mol. The van der Waals surface area contributed by atoms with Crippen molar-refractivity contribution in [2.24, 2.45) is 7.05 Å². The van der Waals surface area contributed by atoms with Crippen LogP contribution in [0.5, 0.6) is 11.5 Å². The number of hydrogen-bond donors (Lipinski definition) is 1. The third kappa shape index (κ3) is 4.17. The lowest BCUT2D eigenvalue weighted by atomic mass is 10.1. The van der Waals surface area contributed by atoms with Crippen molar-refractivity contribution in [2.45, 2.75) is 12.8 Å². The van der Waals surface area contributed by atoms with Gasteiger partial charge < -0.3 is 24.5 Å². The number of methoxy groups -OCH3 is 2. The Morgan fingerprint density at radius 3 is 2.50 bits per heavy atom. The van der Waals surface area contributed by atoms with Crippen molar-refractivity contribution in [3.8, 4) is 11.5 Å². The van der Waals surface area contributed by atoms with Gasteiger partial charge in [0.25, 0.3) is 0 Å². The largest absolute Gasteiger partial charge is 0.495 e. The van der Waals surface area contributed by atoms with Crippen LogP contribution < -0.4 is 15.2 Å². The van der Waals surface area contributed by atoms with Gasteiger partial charge in [0.1, 0.15) is 17.2 Å². The van der Waals surface area contributed by atoms with E-state index < -0.39 is 5.97 Å². The molecule has 150 valence electrons. The zero-order valence-electron chi connectivity index (χ0n) is 16.2. The summed E-state index contributed by atoms with van der Waals surface area (Å²) in [5.41, 5.74) is 9.14. The van der Waals surface area contributed by atoms with Gasteiger partial charge in [0.15, 0.2) is 0 Å². The molecule has 6 nitrogen and oxygen atoms in total. The molecule has 1 heterocycles. The normalized spacial score (nSPS) is 10.4. The molecule has 0 amide bonds. The van der Waals surface area contributed by atoms with Crippen molar-refractivity contribution in [3.05, 3.63) is 53.7 Å². The fourth-order valence-corrected chi connectivity index (χ4v) is 3.21. The molecule has 2 N–H and O–H groups in total. The van der Waals surface area contributed by atoms with Gasteiger partial charge in [-0.1, -0.05) is 18.2 Å². The second-order valence-electron chi connectivity index (χ2n) is 6.26. The van der Waals surface area contributed by atoms with Gasteiger partial charge in [-0.05, 0) is 42.7 Å². The van der Waals surface area contributed by atoms with Crippen LogP contribution in [-0.4, -0.2) is 31.4 Å². The average Bonchev–Trinajstić information content (AvgIpc) is 3.04. The van der Waals surface area contributed by atoms with Crippen LogP contribution in [0.3, 0.4) is 0 Å². The molecule has 0 aliphatic carbocycles.